The van der Waals surface area contributed by atoms with Crippen molar-refractivity contribution in [1.82, 2.24) is 4.98 Å². The minimum Gasteiger partial charge on any atom is -0.397 e. The number of rotatable bonds is 8. The predicted octanol–water partition coefficient (Wildman–Crippen LogP) is 5.23. The van der Waals surface area contributed by atoms with Gasteiger partial charge >= 0.3 is 0 Å². The second kappa shape index (κ2) is 8.43. The van der Waals surface area contributed by atoms with Gasteiger partial charge in [0.1, 0.15) is 9.04 Å². The van der Waals surface area contributed by atoms with Crippen LogP contribution in [0.15, 0.2) is 10.3 Å². The molecule has 0 spiro atoms. The second-order valence-corrected chi connectivity index (χ2v) is 9.54. The van der Waals surface area contributed by atoms with Crippen LogP contribution in [0.1, 0.15) is 69.5 Å². The second-order valence-electron chi connectivity index (χ2n) is 6.77. The number of thiophene rings is 1. The van der Waals surface area contributed by atoms with E-state index >= 15 is 0 Å². The SMILES string of the molecule is CCCCCCCC[S@](=O)c1sc2nc3c(cc2c1N)CCCC3. The monoisotopic (exact) mass is 364 g/mol. The largest absolute Gasteiger partial charge is 0.397 e. The van der Waals surface area contributed by atoms with E-state index in [1.807, 2.05) is 0 Å². The van der Waals surface area contributed by atoms with Crippen LogP contribution in [-0.2, 0) is 23.6 Å². The highest BCUT2D eigenvalue weighted by atomic mass is 32.2. The van der Waals surface area contributed by atoms with E-state index in [9.17, 15) is 4.21 Å². The normalized spacial score (nSPS) is 15.5. The summed E-state index contributed by atoms with van der Waals surface area (Å²) >= 11 is 1.54. The Kier molecular flexibility index (Phi) is 6.28. The molecule has 1 aliphatic carbocycles. The summed E-state index contributed by atoms with van der Waals surface area (Å²) in [5.41, 5.74) is 9.59. The fourth-order valence-corrected chi connectivity index (χ4v) is 6.11. The number of fused-ring (bicyclic) bond motifs is 2. The van der Waals surface area contributed by atoms with E-state index in [1.54, 1.807) is 11.3 Å². The van der Waals surface area contributed by atoms with Gasteiger partial charge in [-0.05, 0) is 43.7 Å². The average molecular weight is 365 g/mol. The van der Waals surface area contributed by atoms with Gasteiger partial charge in [-0.15, -0.1) is 11.3 Å². The van der Waals surface area contributed by atoms with Gasteiger partial charge in [0.2, 0.25) is 0 Å². The lowest BCUT2D eigenvalue weighted by Gasteiger charge is -2.14. The third-order valence-electron chi connectivity index (χ3n) is 4.86. The van der Waals surface area contributed by atoms with Gasteiger partial charge in [0.15, 0.2) is 0 Å². The van der Waals surface area contributed by atoms with E-state index in [0.717, 1.165) is 39.4 Å². The van der Waals surface area contributed by atoms with Gasteiger partial charge in [-0.2, -0.15) is 0 Å². The Morgan fingerprint density at radius 2 is 1.92 bits per heavy atom. The molecule has 1 aliphatic rings. The van der Waals surface area contributed by atoms with E-state index in [4.69, 9.17) is 10.7 Å². The lowest BCUT2D eigenvalue weighted by molar-refractivity contribution is 0.622. The number of aryl methyl sites for hydroxylation is 2. The van der Waals surface area contributed by atoms with Gasteiger partial charge in [0.25, 0.3) is 0 Å². The molecule has 3 nitrogen and oxygen atoms in total. The van der Waals surface area contributed by atoms with Gasteiger partial charge in [0, 0.05) is 16.8 Å². The first-order valence-corrected chi connectivity index (χ1v) is 11.4. The van der Waals surface area contributed by atoms with Crippen molar-refractivity contribution in [2.24, 2.45) is 0 Å². The maximum atomic E-state index is 12.7. The molecule has 1 atom stereocenters. The summed E-state index contributed by atoms with van der Waals surface area (Å²) in [5.74, 6) is 0.725. The van der Waals surface area contributed by atoms with Gasteiger partial charge in [-0.3, -0.25) is 4.21 Å². The molecule has 0 aliphatic heterocycles. The average Bonchev–Trinajstić information content (AvgIpc) is 2.92. The highest BCUT2D eigenvalue weighted by Crippen LogP contribution is 2.37. The Morgan fingerprint density at radius 1 is 1.17 bits per heavy atom. The number of hydrogen-bond donors (Lipinski definition) is 1. The molecule has 0 fully saturated rings. The lowest BCUT2D eigenvalue weighted by Crippen LogP contribution is -2.04. The molecule has 0 unspecified atom stereocenters. The Labute approximate surface area is 151 Å². The minimum atomic E-state index is -0.983. The molecule has 0 saturated heterocycles. The summed E-state index contributed by atoms with van der Waals surface area (Å²) in [6, 6.07) is 2.20. The van der Waals surface area contributed by atoms with Crippen molar-refractivity contribution in [1.29, 1.82) is 0 Å². The zero-order chi connectivity index (χ0) is 16.9. The van der Waals surface area contributed by atoms with Gasteiger partial charge < -0.3 is 5.73 Å². The van der Waals surface area contributed by atoms with Crippen LogP contribution in [-0.4, -0.2) is 14.9 Å². The third-order valence-corrected chi connectivity index (χ3v) is 7.87. The third kappa shape index (κ3) is 3.99. The predicted molar refractivity (Wildman–Crippen MR) is 105 cm³/mol. The molecule has 2 N–H and O–H groups in total. The molecule has 0 amide bonds. The van der Waals surface area contributed by atoms with E-state index in [0.29, 0.717) is 5.69 Å². The summed E-state index contributed by atoms with van der Waals surface area (Å²) in [6.07, 6.45) is 11.9. The topological polar surface area (TPSA) is 56.0 Å². The van der Waals surface area contributed by atoms with Crippen molar-refractivity contribution in [3.05, 3.63) is 17.3 Å². The van der Waals surface area contributed by atoms with Crippen molar-refractivity contribution in [2.75, 3.05) is 11.5 Å². The van der Waals surface area contributed by atoms with Crippen molar-refractivity contribution in [3.63, 3.8) is 0 Å². The van der Waals surface area contributed by atoms with Crippen LogP contribution in [0.4, 0.5) is 5.69 Å². The standard InChI is InChI=1S/C19H28N2OS2/c1-2-3-4-5-6-9-12-24(22)19-17(20)15-13-14-10-7-8-11-16(14)21-18(15)23-19/h13H,2-12,20H2,1H3/t24-/m0/s1. The molecule has 2 aromatic rings. The zero-order valence-electron chi connectivity index (χ0n) is 14.6. The molecule has 5 heteroatoms. The highest BCUT2D eigenvalue weighted by molar-refractivity contribution is 7.87. The van der Waals surface area contributed by atoms with Crippen LogP contribution < -0.4 is 5.73 Å². The van der Waals surface area contributed by atoms with Gasteiger partial charge in [0.05, 0.1) is 16.5 Å². The van der Waals surface area contributed by atoms with Crippen LogP contribution in [0.5, 0.6) is 0 Å². The van der Waals surface area contributed by atoms with Crippen molar-refractivity contribution in [3.8, 4) is 0 Å². The van der Waals surface area contributed by atoms with E-state index in [2.05, 4.69) is 13.0 Å². The summed E-state index contributed by atoms with van der Waals surface area (Å²) in [5, 5.41) is 1.02. The number of hydrogen-bond acceptors (Lipinski definition) is 4. The molecule has 3 rings (SSSR count). The number of anilines is 1. The Hall–Kier alpha value is -0.940. The fourth-order valence-electron chi connectivity index (χ4n) is 3.41. The molecule has 0 aromatic carbocycles. The Morgan fingerprint density at radius 3 is 2.75 bits per heavy atom. The highest BCUT2D eigenvalue weighted by Gasteiger charge is 2.19. The molecule has 132 valence electrons. The van der Waals surface area contributed by atoms with Crippen molar-refractivity contribution in [2.45, 2.75) is 75.3 Å². The number of nitrogens with zero attached hydrogens (tertiary/aromatic N) is 1. The van der Waals surface area contributed by atoms with Crippen LogP contribution in [0, 0.1) is 0 Å². The molecule has 2 aromatic heterocycles. The van der Waals surface area contributed by atoms with Crippen molar-refractivity contribution < 1.29 is 4.21 Å². The summed E-state index contributed by atoms with van der Waals surface area (Å²) in [4.78, 5) is 5.79. The molecule has 24 heavy (non-hydrogen) atoms. The quantitative estimate of drug-likeness (QED) is 0.653. The number of aromatic nitrogens is 1. The van der Waals surface area contributed by atoms with Gasteiger partial charge in [-0.1, -0.05) is 39.0 Å². The first-order valence-electron chi connectivity index (χ1n) is 9.30. The first-order chi connectivity index (χ1) is 11.7. The number of unbranched alkanes of at least 4 members (excludes halogenated alkanes) is 5. The summed E-state index contributed by atoms with van der Waals surface area (Å²) < 4.78 is 13.5. The number of nitrogens with two attached hydrogens (primary N) is 1. The molecule has 0 saturated carbocycles. The first kappa shape index (κ1) is 17.9. The van der Waals surface area contributed by atoms with Crippen LogP contribution in [0.25, 0.3) is 10.2 Å². The Balaban J connectivity index is 1.68. The smallest absolute Gasteiger partial charge is 0.126 e. The molecule has 0 radical (unpaired) electrons. The number of nitrogen functional groups attached to an aromatic ring is 1. The van der Waals surface area contributed by atoms with Crippen molar-refractivity contribution >= 4 is 38.0 Å². The minimum absolute atomic E-state index is 0.709. The maximum absolute atomic E-state index is 12.7. The van der Waals surface area contributed by atoms with Gasteiger partial charge in [-0.25, -0.2) is 4.98 Å². The molecule has 2 heterocycles. The number of pyridine rings is 1. The Bertz CT molecular complexity index is 724. The van der Waals surface area contributed by atoms with E-state index in [1.165, 1.54) is 56.2 Å². The molecule has 0 bridgehead atoms. The maximum Gasteiger partial charge on any atom is 0.126 e. The van der Waals surface area contributed by atoms with E-state index < -0.39 is 10.8 Å². The summed E-state index contributed by atoms with van der Waals surface area (Å²) in [6.45, 7) is 2.23. The van der Waals surface area contributed by atoms with Crippen LogP contribution >= 0.6 is 11.3 Å². The fraction of sp³-hybridized carbons (Fsp3) is 0.632. The van der Waals surface area contributed by atoms with Crippen LogP contribution in [0.2, 0.25) is 0 Å². The molecular formula is C19H28N2OS2. The van der Waals surface area contributed by atoms with E-state index in [-0.39, 0.29) is 0 Å². The summed E-state index contributed by atoms with van der Waals surface area (Å²) in [7, 11) is -0.983. The lowest BCUT2D eigenvalue weighted by atomic mass is 9.95. The molecular weight excluding hydrogens is 336 g/mol. The zero-order valence-corrected chi connectivity index (χ0v) is 16.2. The van der Waals surface area contributed by atoms with Crippen LogP contribution in [0.3, 0.4) is 0 Å².